The molecule has 0 spiro atoms. The van der Waals surface area contributed by atoms with Gasteiger partial charge in [-0.05, 0) is 12.1 Å². The monoisotopic (exact) mass is 445 g/mol. The molecule has 1 aromatic heterocycles. The highest BCUT2D eigenvalue weighted by molar-refractivity contribution is 6.02. The van der Waals surface area contributed by atoms with Crippen molar-refractivity contribution in [3.05, 3.63) is 34.0 Å². The first-order valence-corrected chi connectivity index (χ1v) is 9.29. The Hall–Kier alpha value is -4.08. The predicted molar refractivity (Wildman–Crippen MR) is 116 cm³/mol. The third-order valence-electron chi connectivity index (χ3n) is 4.96. The van der Waals surface area contributed by atoms with Gasteiger partial charge in [-0.1, -0.05) is 0 Å². The fourth-order valence-corrected chi connectivity index (χ4v) is 3.56. The average Bonchev–Trinajstić information content (AvgIpc) is 2.80. The summed E-state index contributed by atoms with van der Waals surface area (Å²) < 4.78 is 32.1. The van der Waals surface area contributed by atoms with Crippen molar-refractivity contribution in [2.45, 2.75) is 0 Å². The molecular formula is C22H23NO9. The second-order valence-electron chi connectivity index (χ2n) is 6.49. The van der Waals surface area contributed by atoms with Crippen LogP contribution in [0, 0.1) is 0 Å². The van der Waals surface area contributed by atoms with E-state index in [9.17, 15) is 14.7 Å². The van der Waals surface area contributed by atoms with E-state index in [-0.39, 0.29) is 22.6 Å². The summed E-state index contributed by atoms with van der Waals surface area (Å²) in [5.41, 5.74) is -0.573. The minimum Gasteiger partial charge on any atom is -0.493 e. The molecule has 0 saturated carbocycles. The predicted octanol–water partition coefficient (Wildman–Crippen LogP) is 2.94. The van der Waals surface area contributed by atoms with Gasteiger partial charge in [0.05, 0.1) is 59.3 Å². The Morgan fingerprint density at radius 1 is 0.750 bits per heavy atom. The second kappa shape index (κ2) is 8.96. The van der Waals surface area contributed by atoms with E-state index in [0.717, 1.165) is 0 Å². The van der Waals surface area contributed by atoms with Gasteiger partial charge in [0.1, 0.15) is 5.56 Å². The Labute approximate surface area is 183 Å². The quantitative estimate of drug-likeness (QED) is 0.538. The minimum atomic E-state index is -1.42. The first kappa shape index (κ1) is 22.6. The van der Waals surface area contributed by atoms with Gasteiger partial charge in [-0.2, -0.15) is 0 Å². The van der Waals surface area contributed by atoms with Gasteiger partial charge < -0.3 is 38.5 Å². The summed E-state index contributed by atoms with van der Waals surface area (Å²) >= 11 is 0. The molecule has 0 atom stereocenters. The highest BCUT2D eigenvalue weighted by Gasteiger charge is 2.27. The van der Waals surface area contributed by atoms with E-state index in [4.69, 9.17) is 28.4 Å². The maximum atomic E-state index is 13.4. The fraction of sp³-hybridized carbons (Fsp3) is 0.273. The SMILES string of the molecule is COc1cc(-c2[nH]c3cc(OC)c(OC)c(OC)c3c(=O)c2C(=O)O)cc(OC)c1OC. The molecule has 2 aromatic carbocycles. The molecule has 0 aliphatic carbocycles. The summed E-state index contributed by atoms with van der Waals surface area (Å²) in [6.07, 6.45) is 0. The normalized spacial score (nSPS) is 10.6. The van der Waals surface area contributed by atoms with E-state index in [1.165, 1.54) is 48.7 Å². The van der Waals surface area contributed by atoms with Gasteiger partial charge in [0.25, 0.3) is 0 Å². The largest absolute Gasteiger partial charge is 0.493 e. The number of pyridine rings is 1. The van der Waals surface area contributed by atoms with Crippen LogP contribution in [0.5, 0.6) is 34.5 Å². The number of methoxy groups -OCH3 is 6. The van der Waals surface area contributed by atoms with Gasteiger partial charge in [-0.25, -0.2) is 4.79 Å². The molecule has 0 saturated heterocycles. The number of carbonyl (C=O) groups is 1. The fourth-order valence-electron chi connectivity index (χ4n) is 3.56. The van der Waals surface area contributed by atoms with Gasteiger partial charge in [-0.3, -0.25) is 4.79 Å². The number of benzene rings is 2. The molecule has 10 heteroatoms. The van der Waals surface area contributed by atoms with Crippen LogP contribution in [0.25, 0.3) is 22.2 Å². The van der Waals surface area contributed by atoms with Crippen LogP contribution in [-0.4, -0.2) is 58.7 Å². The third kappa shape index (κ3) is 3.49. The molecule has 0 bridgehead atoms. The highest BCUT2D eigenvalue weighted by atomic mass is 16.5. The van der Waals surface area contributed by atoms with Crippen molar-refractivity contribution >= 4 is 16.9 Å². The van der Waals surface area contributed by atoms with Crippen LogP contribution < -0.4 is 33.8 Å². The number of fused-ring (bicyclic) bond motifs is 1. The van der Waals surface area contributed by atoms with Gasteiger partial charge >= 0.3 is 5.97 Å². The average molecular weight is 445 g/mol. The molecule has 0 aliphatic rings. The molecule has 2 N–H and O–H groups in total. The number of nitrogens with one attached hydrogen (secondary N) is 1. The number of H-pyrrole nitrogens is 1. The zero-order chi connectivity index (χ0) is 23.6. The van der Waals surface area contributed by atoms with Crippen molar-refractivity contribution in [1.82, 2.24) is 4.98 Å². The number of aromatic nitrogens is 1. The molecule has 0 aliphatic heterocycles. The molecular weight excluding hydrogens is 422 g/mol. The lowest BCUT2D eigenvalue weighted by molar-refractivity contribution is 0.0696. The zero-order valence-electron chi connectivity index (χ0n) is 18.4. The lowest BCUT2D eigenvalue weighted by atomic mass is 10.0. The molecule has 0 radical (unpaired) electrons. The summed E-state index contributed by atoms with van der Waals surface area (Å²) in [4.78, 5) is 28.6. The number of hydrogen-bond acceptors (Lipinski definition) is 8. The molecule has 32 heavy (non-hydrogen) atoms. The third-order valence-corrected chi connectivity index (χ3v) is 4.96. The Morgan fingerprint density at radius 2 is 1.25 bits per heavy atom. The van der Waals surface area contributed by atoms with E-state index >= 15 is 0 Å². The highest BCUT2D eigenvalue weighted by Crippen LogP contribution is 2.44. The Morgan fingerprint density at radius 3 is 1.69 bits per heavy atom. The molecule has 1 heterocycles. The summed E-state index contributed by atoms with van der Waals surface area (Å²) in [6, 6.07) is 4.62. The summed E-state index contributed by atoms with van der Waals surface area (Å²) in [5, 5.41) is 9.92. The van der Waals surface area contributed by atoms with Crippen molar-refractivity contribution in [2.75, 3.05) is 42.7 Å². The van der Waals surface area contributed by atoms with Crippen molar-refractivity contribution in [3.8, 4) is 45.8 Å². The summed E-state index contributed by atoms with van der Waals surface area (Å²) in [7, 11) is 8.50. The zero-order valence-corrected chi connectivity index (χ0v) is 18.4. The van der Waals surface area contributed by atoms with E-state index < -0.39 is 17.0 Å². The Bertz CT molecular complexity index is 1220. The number of aromatic carboxylic acids is 1. The lowest BCUT2D eigenvalue weighted by Gasteiger charge is -2.18. The summed E-state index contributed by atoms with van der Waals surface area (Å²) in [5.74, 6) is 0.0203. The van der Waals surface area contributed by atoms with Gasteiger partial charge in [0.2, 0.25) is 16.9 Å². The number of carboxylic acid groups (broad SMARTS) is 1. The molecule has 0 amide bonds. The van der Waals surface area contributed by atoms with Crippen LogP contribution >= 0.6 is 0 Å². The molecule has 10 nitrogen and oxygen atoms in total. The van der Waals surface area contributed by atoms with Crippen LogP contribution in [0.2, 0.25) is 0 Å². The van der Waals surface area contributed by atoms with Crippen molar-refractivity contribution in [1.29, 1.82) is 0 Å². The Balaban J connectivity index is 2.50. The number of hydrogen-bond donors (Lipinski definition) is 2. The topological polar surface area (TPSA) is 126 Å². The van der Waals surface area contributed by atoms with Crippen LogP contribution in [-0.2, 0) is 0 Å². The molecule has 0 unspecified atom stereocenters. The first-order chi connectivity index (χ1) is 15.4. The molecule has 0 fully saturated rings. The van der Waals surface area contributed by atoms with Crippen molar-refractivity contribution in [3.63, 3.8) is 0 Å². The molecule has 170 valence electrons. The number of ether oxygens (including phenoxy) is 6. The number of rotatable bonds is 8. The van der Waals surface area contributed by atoms with Gasteiger partial charge in [0, 0.05) is 11.6 Å². The van der Waals surface area contributed by atoms with Gasteiger partial charge in [-0.15, -0.1) is 0 Å². The van der Waals surface area contributed by atoms with E-state index in [2.05, 4.69) is 4.98 Å². The minimum absolute atomic E-state index is 0.0127. The van der Waals surface area contributed by atoms with E-state index in [1.807, 2.05) is 0 Å². The van der Waals surface area contributed by atoms with Gasteiger partial charge in [0.15, 0.2) is 23.0 Å². The van der Waals surface area contributed by atoms with Crippen LogP contribution in [0.15, 0.2) is 23.0 Å². The number of aromatic amines is 1. The maximum Gasteiger partial charge on any atom is 0.341 e. The standard InChI is InChI=1S/C22H23NO9/c1-27-12-7-10(8-13(28-2)19(12)30-4)17-16(22(25)26)18(24)15-11(23-17)9-14(29-3)20(31-5)21(15)32-6/h7-9H,1-6H3,(H,23,24)(H,25,26). The van der Waals surface area contributed by atoms with Crippen molar-refractivity contribution < 1.29 is 38.3 Å². The molecule has 3 rings (SSSR count). The second-order valence-corrected chi connectivity index (χ2v) is 6.49. The lowest BCUT2D eigenvalue weighted by Crippen LogP contribution is -2.19. The van der Waals surface area contributed by atoms with E-state index in [0.29, 0.717) is 34.1 Å². The van der Waals surface area contributed by atoms with Crippen molar-refractivity contribution in [2.24, 2.45) is 0 Å². The van der Waals surface area contributed by atoms with Crippen LogP contribution in [0.4, 0.5) is 0 Å². The first-order valence-electron chi connectivity index (χ1n) is 9.29. The summed E-state index contributed by atoms with van der Waals surface area (Å²) in [6.45, 7) is 0. The smallest absolute Gasteiger partial charge is 0.341 e. The molecule has 3 aromatic rings. The van der Waals surface area contributed by atoms with E-state index in [1.54, 1.807) is 12.1 Å². The van der Waals surface area contributed by atoms with Crippen LogP contribution in [0.3, 0.4) is 0 Å². The van der Waals surface area contributed by atoms with Crippen LogP contribution in [0.1, 0.15) is 10.4 Å². The Kier molecular flexibility index (Phi) is 6.33. The number of carboxylic acids is 1. The maximum absolute atomic E-state index is 13.4.